The molecule has 2 N–H and O–H groups in total. The third kappa shape index (κ3) is 5.63. The van der Waals surface area contributed by atoms with Crippen molar-refractivity contribution in [2.45, 2.75) is 33.2 Å². The molecule has 2 rings (SSSR count). The number of anilines is 1. The first-order chi connectivity index (χ1) is 11.6. The topological polar surface area (TPSA) is 58.2 Å². The molecule has 0 saturated carbocycles. The minimum Gasteiger partial charge on any atom is -0.326 e. The molecule has 4 heteroatoms. The number of carbonyl (C=O) groups is 2. The molecule has 0 saturated heterocycles. The zero-order valence-electron chi connectivity index (χ0n) is 14.3. The third-order valence-electron chi connectivity index (χ3n) is 3.74. The van der Waals surface area contributed by atoms with Crippen LogP contribution in [0.5, 0.6) is 0 Å². The summed E-state index contributed by atoms with van der Waals surface area (Å²) in [4.78, 5) is 24.1. The van der Waals surface area contributed by atoms with Crippen molar-refractivity contribution in [3.8, 4) is 0 Å². The Morgan fingerprint density at radius 3 is 2.46 bits per heavy atom. The van der Waals surface area contributed by atoms with Crippen LogP contribution in [0.1, 0.15) is 41.3 Å². The Balaban J connectivity index is 1.84. The number of Topliss-reactive ketones (excluding diaryl/α,β-unsaturated/α-hetero) is 1. The molecule has 0 atom stereocenters. The Bertz CT molecular complexity index is 693. The minimum atomic E-state index is -0.143. The summed E-state index contributed by atoms with van der Waals surface area (Å²) in [6.45, 7) is 5.70. The second-order valence-corrected chi connectivity index (χ2v) is 5.82. The van der Waals surface area contributed by atoms with Crippen LogP contribution in [0.3, 0.4) is 0 Å². The first-order valence-corrected chi connectivity index (χ1v) is 8.28. The smallest absolute Gasteiger partial charge is 0.224 e. The lowest BCUT2D eigenvalue weighted by Crippen LogP contribution is -2.15. The van der Waals surface area contributed by atoms with Crippen molar-refractivity contribution in [3.63, 3.8) is 0 Å². The molecule has 0 radical (unpaired) electrons. The minimum absolute atomic E-state index is 0.00829. The van der Waals surface area contributed by atoms with Gasteiger partial charge in [-0.3, -0.25) is 9.59 Å². The molecule has 0 aliphatic carbocycles. The van der Waals surface area contributed by atoms with Gasteiger partial charge >= 0.3 is 0 Å². The molecule has 0 aliphatic rings. The summed E-state index contributed by atoms with van der Waals surface area (Å²) in [6.07, 6.45) is 0.399. The highest BCUT2D eigenvalue weighted by molar-refractivity contribution is 6.00. The van der Waals surface area contributed by atoms with E-state index in [2.05, 4.69) is 17.6 Å². The van der Waals surface area contributed by atoms with Gasteiger partial charge in [-0.25, -0.2) is 0 Å². The van der Waals surface area contributed by atoms with E-state index < -0.39 is 0 Å². The van der Waals surface area contributed by atoms with E-state index in [1.54, 1.807) is 12.1 Å². The highest BCUT2D eigenvalue weighted by atomic mass is 16.2. The molecule has 0 heterocycles. The summed E-state index contributed by atoms with van der Waals surface area (Å²) in [5.41, 5.74) is 3.64. The Labute approximate surface area is 143 Å². The summed E-state index contributed by atoms with van der Waals surface area (Å²) >= 11 is 0. The van der Waals surface area contributed by atoms with Gasteiger partial charge in [0, 0.05) is 30.6 Å². The van der Waals surface area contributed by atoms with Crippen LogP contribution < -0.4 is 10.6 Å². The maximum Gasteiger partial charge on any atom is 0.224 e. The van der Waals surface area contributed by atoms with Gasteiger partial charge in [0.05, 0.1) is 0 Å². The van der Waals surface area contributed by atoms with Gasteiger partial charge in [0.1, 0.15) is 0 Å². The van der Waals surface area contributed by atoms with E-state index >= 15 is 0 Å². The molecule has 0 aliphatic heterocycles. The molecule has 0 fully saturated rings. The third-order valence-corrected chi connectivity index (χ3v) is 3.74. The molecule has 0 bridgehead atoms. The molecule has 24 heavy (non-hydrogen) atoms. The van der Waals surface area contributed by atoms with E-state index in [-0.39, 0.29) is 24.5 Å². The van der Waals surface area contributed by atoms with Crippen molar-refractivity contribution >= 4 is 17.4 Å². The fraction of sp³-hybridized carbons (Fsp3) is 0.300. The summed E-state index contributed by atoms with van der Waals surface area (Å²) in [6, 6.07) is 15.2. The van der Waals surface area contributed by atoms with Crippen LogP contribution in [-0.2, 0) is 11.3 Å². The Kier molecular flexibility index (Phi) is 6.70. The average Bonchev–Trinajstić information content (AvgIpc) is 2.59. The number of hydrogen-bond acceptors (Lipinski definition) is 3. The number of benzene rings is 2. The van der Waals surface area contributed by atoms with Crippen molar-refractivity contribution in [1.82, 2.24) is 5.32 Å². The van der Waals surface area contributed by atoms with Crippen molar-refractivity contribution in [2.24, 2.45) is 0 Å². The number of nitrogens with one attached hydrogen (secondary N) is 2. The van der Waals surface area contributed by atoms with E-state index in [4.69, 9.17) is 0 Å². The zero-order valence-corrected chi connectivity index (χ0v) is 14.3. The number of carbonyl (C=O) groups excluding carboxylic acids is 2. The second kappa shape index (κ2) is 8.99. The lowest BCUT2D eigenvalue weighted by molar-refractivity contribution is -0.116. The predicted molar refractivity (Wildman–Crippen MR) is 97.2 cm³/mol. The van der Waals surface area contributed by atoms with Crippen LogP contribution in [0.2, 0.25) is 0 Å². The Morgan fingerprint density at radius 1 is 1.00 bits per heavy atom. The summed E-state index contributed by atoms with van der Waals surface area (Å²) < 4.78 is 0. The standard InChI is InChI=1S/C20H24N2O2/c1-3-21-14-16-5-4-6-18(13-16)22-20(24)12-11-19(23)17-9-7-15(2)8-10-17/h4-10,13,21H,3,11-12,14H2,1-2H3,(H,22,24). The van der Waals surface area contributed by atoms with Crippen LogP contribution in [0.15, 0.2) is 48.5 Å². The first-order valence-electron chi connectivity index (χ1n) is 8.28. The fourth-order valence-corrected chi connectivity index (χ4v) is 2.36. The van der Waals surface area contributed by atoms with Gasteiger partial charge in [-0.2, -0.15) is 0 Å². The largest absolute Gasteiger partial charge is 0.326 e. The monoisotopic (exact) mass is 324 g/mol. The van der Waals surface area contributed by atoms with Crippen molar-refractivity contribution in [3.05, 3.63) is 65.2 Å². The van der Waals surface area contributed by atoms with Crippen molar-refractivity contribution in [1.29, 1.82) is 0 Å². The highest BCUT2D eigenvalue weighted by Crippen LogP contribution is 2.12. The first kappa shape index (κ1) is 17.9. The normalized spacial score (nSPS) is 10.4. The van der Waals surface area contributed by atoms with Crippen LogP contribution in [-0.4, -0.2) is 18.2 Å². The van der Waals surface area contributed by atoms with Crippen LogP contribution in [0.4, 0.5) is 5.69 Å². The van der Waals surface area contributed by atoms with E-state index in [0.29, 0.717) is 5.56 Å². The van der Waals surface area contributed by atoms with Gasteiger partial charge in [0.2, 0.25) is 5.91 Å². The average molecular weight is 324 g/mol. The second-order valence-electron chi connectivity index (χ2n) is 5.82. The maximum absolute atomic E-state index is 12.1. The number of ketones is 1. The van der Waals surface area contributed by atoms with E-state index in [9.17, 15) is 9.59 Å². The van der Waals surface area contributed by atoms with Gasteiger partial charge in [-0.15, -0.1) is 0 Å². The molecule has 0 aromatic heterocycles. The van der Waals surface area contributed by atoms with Gasteiger partial charge in [-0.1, -0.05) is 48.9 Å². The SMILES string of the molecule is CCNCc1cccc(NC(=O)CCC(=O)c2ccc(C)cc2)c1. The molecule has 126 valence electrons. The molecule has 0 unspecified atom stereocenters. The van der Waals surface area contributed by atoms with E-state index in [1.807, 2.05) is 43.3 Å². The Hall–Kier alpha value is -2.46. The molecular formula is C20H24N2O2. The number of rotatable bonds is 8. The molecule has 4 nitrogen and oxygen atoms in total. The molecule has 2 aromatic rings. The van der Waals surface area contributed by atoms with Crippen molar-refractivity contribution < 1.29 is 9.59 Å². The van der Waals surface area contributed by atoms with Gasteiger partial charge in [-0.05, 0) is 31.2 Å². The number of hydrogen-bond donors (Lipinski definition) is 2. The van der Waals surface area contributed by atoms with Gasteiger partial charge in [0.15, 0.2) is 5.78 Å². The summed E-state index contributed by atoms with van der Waals surface area (Å²) in [5, 5.41) is 6.11. The lowest BCUT2D eigenvalue weighted by atomic mass is 10.0. The highest BCUT2D eigenvalue weighted by Gasteiger charge is 2.09. The number of amides is 1. The van der Waals surface area contributed by atoms with Crippen LogP contribution >= 0.6 is 0 Å². The predicted octanol–water partition coefficient (Wildman–Crippen LogP) is 3.71. The van der Waals surface area contributed by atoms with E-state index in [0.717, 1.165) is 29.9 Å². The summed E-state index contributed by atoms with van der Waals surface area (Å²) in [7, 11) is 0. The van der Waals surface area contributed by atoms with Gasteiger partial charge in [0.25, 0.3) is 0 Å². The Morgan fingerprint density at radius 2 is 1.75 bits per heavy atom. The lowest BCUT2D eigenvalue weighted by Gasteiger charge is -2.08. The van der Waals surface area contributed by atoms with E-state index in [1.165, 1.54) is 0 Å². The van der Waals surface area contributed by atoms with Crippen molar-refractivity contribution in [2.75, 3.05) is 11.9 Å². The quantitative estimate of drug-likeness (QED) is 0.728. The van der Waals surface area contributed by atoms with Crippen LogP contribution in [0, 0.1) is 6.92 Å². The molecular weight excluding hydrogens is 300 g/mol. The molecule has 0 spiro atoms. The molecule has 1 amide bonds. The number of aryl methyl sites for hydroxylation is 1. The molecule has 2 aromatic carbocycles. The summed E-state index contributed by atoms with van der Waals surface area (Å²) in [5.74, 6) is -0.151. The fourth-order valence-electron chi connectivity index (χ4n) is 2.36. The van der Waals surface area contributed by atoms with Gasteiger partial charge < -0.3 is 10.6 Å². The zero-order chi connectivity index (χ0) is 17.4. The van der Waals surface area contributed by atoms with Crippen LogP contribution in [0.25, 0.3) is 0 Å². The maximum atomic E-state index is 12.1.